The monoisotopic (exact) mass is 324 g/mol. The molecule has 1 aromatic heterocycles. The van der Waals surface area contributed by atoms with Gasteiger partial charge in [0.1, 0.15) is 5.58 Å². The molecule has 3 rings (SSSR count). The lowest BCUT2D eigenvalue weighted by atomic mass is 10.1. The second-order valence-corrected chi connectivity index (χ2v) is 5.86. The molecular formula is C19H20N2O3. The van der Waals surface area contributed by atoms with Crippen molar-refractivity contribution in [2.75, 3.05) is 25.5 Å². The molecule has 1 heterocycles. The molecule has 0 aliphatic heterocycles. The number of hydrogen-bond acceptors (Lipinski definition) is 4. The average Bonchev–Trinajstić information content (AvgIpc) is 3.03. The molecule has 0 fully saturated rings. The highest BCUT2D eigenvalue weighted by Gasteiger charge is 2.14. The van der Waals surface area contributed by atoms with Crippen LogP contribution < -0.4 is 10.2 Å². The van der Waals surface area contributed by atoms with E-state index in [0.29, 0.717) is 5.58 Å². The zero-order valence-electron chi connectivity index (χ0n) is 13.7. The van der Waals surface area contributed by atoms with Crippen LogP contribution in [0.1, 0.15) is 22.2 Å². The minimum atomic E-state index is -0.769. The lowest BCUT2D eigenvalue weighted by Gasteiger charge is -2.15. The van der Waals surface area contributed by atoms with Gasteiger partial charge in [-0.25, -0.2) is 0 Å². The second kappa shape index (κ2) is 6.76. The van der Waals surface area contributed by atoms with Gasteiger partial charge in [0.25, 0.3) is 5.91 Å². The number of carbonyl (C=O) groups excluding carboxylic acids is 1. The number of amides is 1. The number of rotatable bonds is 5. The van der Waals surface area contributed by atoms with E-state index in [4.69, 9.17) is 4.42 Å². The minimum absolute atomic E-state index is 0.122. The van der Waals surface area contributed by atoms with Gasteiger partial charge in [0.05, 0.1) is 6.10 Å². The van der Waals surface area contributed by atoms with Crippen molar-refractivity contribution in [2.24, 2.45) is 0 Å². The van der Waals surface area contributed by atoms with E-state index < -0.39 is 6.10 Å². The third-order valence-corrected chi connectivity index (χ3v) is 3.90. The van der Waals surface area contributed by atoms with Crippen molar-refractivity contribution < 1.29 is 14.3 Å². The maximum atomic E-state index is 12.2. The highest BCUT2D eigenvalue weighted by Crippen LogP contribution is 2.20. The van der Waals surface area contributed by atoms with Crippen molar-refractivity contribution in [3.8, 4) is 0 Å². The first-order valence-corrected chi connectivity index (χ1v) is 7.77. The first-order valence-electron chi connectivity index (χ1n) is 7.77. The third kappa shape index (κ3) is 3.41. The molecule has 124 valence electrons. The van der Waals surface area contributed by atoms with Crippen LogP contribution >= 0.6 is 0 Å². The quantitative estimate of drug-likeness (QED) is 0.757. The highest BCUT2D eigenvalue weighted by molar-refractivity contribution is 5.96. The topological polar surface area (TPSA) is 65.7 Å². The molecule has 0 aliphatic rings. The Balaban J connectivity index is 1.62. The van der Waals surface area contributed by atoms with E-state index in [1.165, 1.54) is 0 Å². The second-order valence-electron chi connectivity index (χ2n) is 5.86. The Labute approximate surface area is 140 Å². The van der Waals surface area contributed by atoms with E-state index in [2.05, 4.69) is 5.32 Å². The van der Waals surface area contributed by atoms with Crippen LogP contribution in [0, 0.1) is 0 Å². The van der Waals surface area contributed by atoms with Crippen LogP contribution in [0.15, 0.2) is 59.0 Å². The molecule has 0 saturated heterocycles. The zero-order chi connectivity index (χ0) is 17.1. The van der Waals surface area contributed by atoms with Gasteiger partial charge >= 0.3 is 0 Å². The van der Waals surface area contributed by atoms with Gasteiger partial charge in [-0.1, -0.05) is 30.3 Å². The predicted molar refractivity (Wildman–Crippen MR) is 94.3 cm³/mol. The molecule has 1 unspecified atom stereocenters. The first-order chi connectivity index (χ1) is 11.5. The molecular weight excluding hydrogens is 304 g/mol. The third-order valence-electron chi connectivity index (χ3n) is 3.90. The van der Waals surface area contributed by atoms with Crippen LogP contribution in [0.3, 0.4) is 0 Å². The van der Waals surface area contributed by atoms with Crippen LogP contribution in [0.4, 0.5) is 5.69 Å². The fraction of sp³-hybridized carbons (Fsp3) is 0.211. The summed E-state index contributed by atoms with van der Waals surface area (Å²) >= 11 is 0. The summed E-state index contributed by atoms with van der Waals surface area (Å²) in [4.78, 5) is 14.2. The van der Waals surface area contributed by atoms with Gasteiger partial charge in [-0.3, -0.25) is 4.79 Å². The fourth-order valence-corrected chi connectivity index (χ4v) is 2.48. The molecule has 0 saturated carbocycles. The molecule has 5 heteroatoms. The lowest BCUT2D eigenvalue weighted by Crippen LogP contribution is -2.28. The number of anilines is 1. The Morgan fingerprint density at radius 2 is 1.88 bits per heavy atom. The number of fused-ring (bicyclic) bond motifs is 1. The van der Waals surface area contributed by atoms with E-state index >= 15 is 0 Å². The predicted octanol–water partition coefficient (Wildman–Crippen LogP) is 2.96. The molecule has 3 aromatic rings. The molecule has 2 aromatic carbocycles. The van der Waals surface area contributed by atoms with Crippen molar-refractivity contribution in [1.82, 2.24) is 5.32 Å². The summed E-state index contributed by atoms with van der Waals surface area (Å²) < 4.78 is 5.51. The van der Waals surface area contributed by atoms with Gasteiger partial charge in [-0.05, 0) is 29.8 Å². The molecule has 0 spiro atoms. The number of nitrogens with zero attached hydrogens (tertiary/aromatic N) is 1. The van der Waals surface area contributed by atoms with Gasteiger partial charge in [0.2, 0.25) is 0 Å². The summed E-state index contributed by atoms with van der Waals surface area (Å²) in [6.07, 6.45) is -0.769. The number of carbonyl (C=O) groups is 1. The molecule has 24 heavy (non-hydrogen) atoms. The van der Waals surface area contributed by atoms with Crippen LogP contribution in [0.25, 0.3) is 11.0 Å². The van der Waals surface area contributed by atoms with Crippen LogP contribution in [-0.4, -0.2) is 31.7 Å². The van der Waals surface area contributed by atoms with Crippen molar-refractivity contribution in [3.63, 3.8) is 0 Å². The minimum Gasteiger partial charge on any atom is -0.451 e. The summed E-state index contributed by atoms with van der Waals surface area (Å²) in [6.45, 7) is 0.122. The Kier molecular flexibility index (Phi) is 4.53. The number of aliphatic hydroxyl groups excluding tert-OH is 1. The zero-order valence-corrected chi connectivity index (χ0v) is 13.7. The molecule has 0 bridgehead atoms. The summed E-state index contributed by atoms with van der Waals surface area (Å²) in [5, 5.41) is 13.8. The van der Waals surface area contributed by atoms with Crippen LogP contribution in [-0.2, 0) is 0 Å². The highest BCUT2D eigenvalue weighted by atomic mass is 16.3. The summed E-state index contributed by atoms with van der Waals surface area (Å²) in [6, 6.07) is 16.7. The Morgan fingerprint density at radius 1 is 1.17 bits per heavy atom. The number of benzene rings is 2. The Hall–Kier alpha value is -2.79. The van der Waals surface area contributed by atoms with E-state index in [9.17, 15) is 9.90 Å². The van der Waals surface area contributed by atoms with Crippen molar-refractivity contribution in [2.45, 2.75) is 6.10 Å². The van der Waals surface area contributed by atoms with E-state index in [0.717, 1.165) is 16.6 Å². The standard InChI is InChI=1S/C19H20N2O3/c1-21(2)15-9-7-13(8-10-15)16(22)12-20-19(23)18-11-14-5-3-4-6-17(14)24-18/h3-11,16,22H,12H2,1-2H3,(H,20,23). The first kappa shape index (κ1) is 16.1. The van der Waals surface area contributed by atoms with Crippen LogP contribution in [0.5, 0.6) is 0 Å². The largest absolute Gasteiger partial charge is 0.451 e. The van der Waals surface area contributed by atoms with Gasteiger partial charge in [0.15, 0.2) is 5.76 Å². The Morgan fingerprint density at radius 3 is 2.54 bits per heavy atom. The summed E-state index contributed by atoms with van der Waals surface area (Å²) in [5.74, 6) is -0.0958. The van der Waals surface area contributed by atoms with Gasteiger partial charge in [-0.2, -0.15) is 0 Å². The van der Waals surface area contributed by atoms with Crippen molar-refractivity contribution >= 4 is 22.6 Å². The van der Waals surface area contributed by atoms with E-state index in [1.807, 2.05) is 67.5 Å². The van der Waals surface area contributed by atoms with Crippen molar-refractivity contribution in [3.05, 3.63) is 65.9 Å². The molecule has 1 amide bonds. The summed E-state index contributed by atoms with van der Waals surface area (Å²) in [7, 11) is 3.91. The molecule has 2 N–H and O–H groups in total. The van der Waals surface area contributed by atoms with E-state index in [-0.39, 0.29) is 18.2 Å². The molecule has 5 nitrogen and oxygen atoms in total. The molecule has 0 radical (unpaired) electrons. The van der Waals surface area contributed by atoms with Crippen LogP contribution in [0.2, 0.25) is 0 Å². The molecule has 0 aliphatic carbocycles. The van der Waals surface area contributed by atoms with Gasteiger partial charge in [-0.15, -0.1) is 0 Å². The normalized spacial score (nSPS) is 12.1. The van der Waals surface area contributed by atoms with Gasteiger partial charge < -0.3 is 19.7 Å². The van der Waals surface area contributed by atoms with Crippen molar-refractivity contribution in [1.29, 1.82) is 0 Å². The number of para-hydroxylation sites is 1. The maximum Gasteiger partial charge on any atom is 0.287 e. The Bertz CT molecular complexity index is 804. The van der Waals surface area contributed by atoms with E-state index in [1.54, 1.807) is 6.07 Å². The lowest BCUT2D eigenvalue weighted by molar-refractivity contribution is 0.0891. The molecule has 1 atom stereocenters. The number of furan rings is 1. The smallest absolute Gasteiger partial charge is 0.287 e. The van der Waals surface area contributed by atoms with Gasteiger partial charge in [0, 0.05) is 31.7 Å². The number of hydrogen-bond donors (Lipinski definition) is 2. The average molecular weight is 324 g/mol. The maximum absolute atomic E-state index is 12.2. The number of nitrogens with one attached hydrogen (secondary N) is 1. The SMILES string of the molecule is CN(C)c1ccc(C(O)CNC(=O)c2cc3ccccc3o2)cc1. The number of aliphatic hydroxyl groups is 1. The summed E-state index contributed by atoms with van der Waals surface area (Å²) in [5.41, 5.74) is 2.48. The fourth-order valence-electron chi connectivity index (χ4n) is 2.48.